The molecule has 2 aromatic heterocycles. The number of hydrogen-bond acceptors (Lipinski definition) is 5. The van der Waals surface area contributed by atoms with Crippen LogP contribution in [0.1, 0.15) is 46.4 Å². The second-order valence-electron chi connectivity index (χ2n) is 8.21. The van der Waals surface area contributed by atoms with E-state index in [4.69, 9.17) is 4.98 Å². The third-order valence-electron chi connectivity index (χ3n) is 6.16. The molecule has 2 saturated heterocycles. The summed E-state index contributed by atoms with van der Waals surface area (Å²) >= 11 is 0. The van der Waals surface area contributed by atoms with Crippen molar-refractivity contribution in [3.05, 3.63) is 53.5 Å². The van der Waals surface area contributed by atoms with Crippen LogP contribution in [0.5, 0.6) is 5.75 Å². The maximum Gasteiger partial charge on any atom is 0.573 e. The van der Waals surface area contributed by atoms with Gasteiger partial charge in [-0.25, -0.2) is 9.97 Å². The molecule has 0 spiro atoms. The van der Waals surface area contributed by atoms with E-state index >= 15 is 0 Å². The number of pyridine rings is 1. The summed E-state index contributed by atoms with van der Waals surface area (Å²) in [5.41, 5.74) is 3.18. The Morgan fingerprint density at radius 2 is 1.76 bits per heavy atom. The summed E-state index contributed by atoms with van der Waals surface area (Å²) in [6.45, 7) is 2.97. The summed E-state index contributed by atoms with van der Waals surface area (Å²) in [6.07, 6.45) is -1.39. The number of alkyl halides is 3. The van der Waals surface area contributed by atoms with Crippen molar-refractivity contribution in [2.75, 3.05) is 26.2 Å². The largest absolute Gasteiger partial charge is 0.573 e. The Morgan fingerprint density at radius 3 is 2.36 bits per heavy atom. The summed E-state index contributed by atoms with van der Waals surface area (Å²) in [5.74, 6) is 1.09. The van der Waals surface area contributed by atoms with Crippen LogP contribution in [-0.2, 0) is 0 Å². The average Bonchev–Trinajstić information content (AvgIpc) is 3.15. The van der Waals surface area contributed by atoms with Crippen LogP contribution in [-0.4, -0.2) is 58.3 Å². The summed E-state index contributed by atoms with van der Waals surface area (Å²) in [6, 6.07) is 7.06. The van der Waals surface area contributed by atoms with Crippen LogP contribution in [0.15, 0.2) is 36.5 Å². The number of amides is 1. The molecule has 2 aliphatic heterocycles. The van der Waals surface area contributed by atoms with Crippen LogP contribution in [0.25, 0.3) is 11.2 Å². The molecule has 2 aliphatic rings. The molecule has 176 valence electrons. The molecule has 2 fully saturated rings. The molecule has 0 bridgehead atoms. The van der Waals surface area contributed by atoms with Gasteiger partial charge in [0.2, 0.25) is 0 Å². The van der Waals surface area contributed by atoms with Crippen LogP contribution < -0.4 is 10.1 Å². The Hall–Kier alpha value is -2.85. The first-order valence-electron chi connectivity index (χ1n) is 10.6. The van der Waals surface area contributed by atoms with Gasteiger partial charge >= 0.3 is 6.36 Å². The first-order chi connectivity index (χ1) is 15.4. The number of piperidine rings is 1. The van der Waals surface area contributed by atoms with E-state index in [0.29, 0.717) is 24.6 Å². The molecule has 0 unspecified atom stereocenters. The number of aromatic nitrogens is 3. The van der Waals surface area contributed by atoms with Gasteiger partial charge in [0.1, 0.15) is 17.1 Å². The predicted octanol–water partition coefficient (Wildman–Crippen LogP) is 3.98. The number of carbonyl (C=O) groups is 1. The van der Waals surface area contributed by atoms with E-state index in [1.807, 2.05) is 6.07 Å². The van der Waals surface area contributed by atoms with Crippen molar-refractivity contribution in [3.8, 4) is 5.75 Å². The first kappa shape index (κ1) is 23.3. The number of benzene rings is 1. The first-order valence-corrected chi connectivity index (χ1v) is 10.6. The van der Waals surface area contributed by atoms with Gasteiger partial charge in [-0.05, 0) is 54.7 Å². The van der Waals surface area contributed by atoms with Gasteiger partial charge in [0.05, 0.1) is 0 Å². The zero-order valence-electron chi connectivity index (χ0n) is 17.6. The van der Waals surface area contributed by atoms with Crippen molar-refractivity contribution in [1.82, 2.24) is 25.2 Å². The molecule has 2 N–H and O–H groups in total. The van der Waals surface area contributed by atoms with Crippen molar-refractivity contribution in [2.24, 2.45) is 0 Å². The molecule has 1 aromatic carbocycles. The molecule has 0 radical (unpaired) electrons. The van der Waals surface area contributed by atoms with E-state index in [2.05, 4.69) is 20.0 Å². The number of nitrogens with one attached hydrogen (secondary N) is 2. The minimum atomic E-state index is -4.75. The minimum absolute atomic E-state index is 0. The number of ether oxygens (including phenoxy) is 1. The highest BCUT2D eigenvalue weighted by atomic mass is 35.5. The topological polar surface area (TPSA) is 83.1 Å². The lowest BCUT2D eigenvalue weighted by molar-refractivity contribution is -0.274. The molecule has 33 heavy (non-hydrogen) atoms. The molecule has 3 aromatic rings. The highest BCUT2D eigenvalue weighted by Crippen LogP contribution is 2.33. The molecule has 1 amide bonds. The zero-order valence-corrected chi connectivity index (χ0v) is 18.4. The second-order valence-corrected chi connectivity index (χ2v) is 8.21. The lowest BCUT2D eigenvalue weighted by Crippen LogP contribution is -2.40. The highest BCUT2D eigenvalue weighted by molar-refractivity contribution is 5.94. The summed E-state index contributed by atoms with van der Waals surface area (Å²) in [4.78, 5) is 27.1. The van der Waals surface area contributed by atoms with Crippen LogP contribution in [0, 0.1) is 0 Å². The smallest absolute Gasteiger partial charge is 0.406 e. The Balaban J connectivity index is 0.00000259. The van der Waals surface area contributed by atoms with Crippen molar-refractivity contribution in [2.45, 2.75) is 31.0 Å². The summed E-state index contributed by atoms with van der Waals surface area (Å²) in [5, 5.41) is 3.25. The van der Waals surface area contributed by atoms with Crippen molar-refractivity contribution in [1.29, 1.82) is 0 Å². The van der Waals surface area contributed by atoms with Gasteiger partial charge in [-0.1, -0.05) is 0 Å². The monoisotopic (exact) mass is 481 g/mol. The minimum Gasteiger partial charge on any atom is -0.406 e. The molecule has 11 heteroatoms. The zero-order chi connectivity index (χ0) is 22.3. The van der Waals surface area contributed by atoms with Crippen LogP contribution in [0.3, 0.4) is 0 Å². The molecule has 7 nitrogen and oxygen atoms in total. The van der Waals surface area contributed by atoms with Crippen LogP contribution in [0.2, 0.25) is 0 Å². The van der Waals surface area contributed by atoms with E-state index < -0.39 is 6.36 Å². The van der Waals surface area contributed by atoms with Crippen molar-refractivity contribution in [3.63, 3.8) is 0 Å². The number of hydrogen-bond donors (Lipinski definition) is 2. The van der Waals surface area contributed by atoms with Crippen LogP contribution in [0.4, 0.5) is 13.2 Å². The number of carbonyl (C=O) groups excluding carboxylic acids is 1. The fraction of sp³-hybridized carbons (Fsp3) is 0.409. The van der Waals surface area contributed by atoms with Gasteiger partial charge in [0, 0.05) is 43.9 Å². The van der Waals surface area contributed by atoms with Gasteiger partial charge in [-0.3, -0.25) is 4.79 Å². The van der Waals surface area contributed by atoms with Gasteiger partial charge < -0.3 is 19.9 Å². The number of rotatable bonds is 4. The number of likely N-dealkylation sites (tertiary alicyclic amines) is 1. The van der Waals surface area contributed by atoms with Gasteiger partial charge in [-0.2, -0.15) is 0 Å². The van der Waals surface area contributed by atoms with Gasteiger partial charge in [-0.15, -0.1) is 25.6 Å². The van der Waals surface area contributed by atoms with Crippen molar-refractivity contribution >= 4 is 29.5 Å². The number of imidazole rings is 1. The SMILES string of the molecule is Cl.O=C(c1ccc(OC(F)(F)F)cc1)N1CCC(c2ccnc3[nH]c(C4CNC4)nc23)CC1. The number of fused-ring (bicyclic) bond motifs is 1. The Bertz CT molecular complexity index is 1120. The third kappa shape index (κ3) is 4.91. The van der Waals surface area contributed by atoms with Gasteiger partial charge in [0.15, 0.2) is 5.65 Å². The lowest BCUT2D eigenvalue weighted by Gasteiger charge is -2.32. The van der Waals surface area contributed by atoms with Gasteiger partial charge in [0.25, 0.3) is 5.91 Å². The van der Waals surface area contributed by atoms with E-state index in [0.717, 1.165) is 60.6 Å². The number of aromatic amines is 1. The highest BCUT2D eigenvalue weighted by Gasteiger charge is 2.31. The molecule has 4 heterocycles. The molecule has 0 atom stereocenters. The normalized spacial score (nSPS) is 17.5. The molecular weight excluding hydrogens is 459 g/mol. The van der Waals surface area contributed by atoms with E-state index in [-0.39, 0.29) is 30.0 Å². The standard InChI is InChI=1S/C22H22F3N5O2.ClH/c23-22(24,25)32-16-3-1-14(2-4-16)21(31)30-9-6-13(7-10-30)17-5-8-27-20-18(17)28-19(29-20)15-11-26-12-15;/h1-5,8,13,15,26H,6-7,9-12H2,(H,27,28,29);1H. The molecular formula is C22H23ClF3N5O2. The van der Waals surface area contributed by atoms with Crippen molar-refractivity contribution < 1.29 is 22.7 Å². The lowest BCUT2D eigenvalue weighted by atomic mass is 9.89. The van der Waals surface area contributed by atoms with E-state index in [1.54, 1.807) is 11.1 Å². The molecule has 0 aliphatic carbocycles. The summed E-state index contributed by atoms with van der Waals surface area (Å²) in [7, 11) is 0. The fourth-order valence-corrected chi connectivity index (χ4v) is 4.33. The number of nitrogens with zero attached hydrogens (tertiary/aromatic N) is 3. The molecule has 0 saturated carbocycles. The third-order valence-corrected chi connectivity index (χ3v) is 6.16. The average molecular weight is 482 g/mol. The number of halogens is 4. The maximum absolute atomic E-state index is 12.8. The number of H-pyrrole nitrogens is 1. The fourth-order valence-electron chi connectivity index (χ4n) is 4.33. The maximum atomic E-state index is 12.8. The molecule has 5 rings (SSSR count). The Morgan fingerprint density at radius 1 is 1.06 bits per heavy atom. The predicted molar refractivity (Wildman–Crippen MR) is 118 cm³/mol. The van der Waals surface area contributed by atoms with E-state index in [9.17, 15) is 18.0 Å². The summed E-state index contributed by atoms with van der Waals surface area (Å²) < 4.78 is 40.8. The van der Waals surface area contributed by atoms with Crippen LogP contribution >= 0.6 is 12.4 Å². The second kappa shape index (κ2) is 9.18. The quantitative estimate of drug-likeness (QED) is 0.589. The Labute approximate surface area is 194 Å². The Kier molecular flexibility index (Phi) is 6.49. The van der Waals surface area contributed by atoms with E-state index in [1.165, 1.54) is 12.1 Å².